The summed E-state index contributed by atoms with van der Waals surface area (Å²) in [6.07, 6.45) is 0.454. The summed E-state index contributed by atoms with van der Waals surface area (Å²) in [6, 6.07) is 10.9. The highest BCUT2D eigenvalue weighted by Crippen LogP contribution is 2.40. The first-order chi connectivity index (χ1) is 14.3. The Balaban J connectivity index is 2.15. The van der Waals surface area contributed by atoms with E-state index in [1.807, 2.05) is 0 Å². The maximum absolute atomic E-state index is 12.8. The number of nitro benzene ring substituents is 1. The molecule has 8 nitrogen and oxygen atoms in total. The number of non-ortho nitro benzene ring substituents is 1. The molecule has 1 saturated heterocycles. The summed E-state index contributed by atoms with van der Waals surface area (Å²) in [4.78, 5) is 37.5. The topological polar surface area (TPSA) is 110 Å². The summed E-state index contributed by atoms with van der Waals surface area (Å²) in [7, 11) is 1.52. The molecule has 0 aliphatic carbocycles. The fraction of sp³-hybridized carbons (Fsp3) is 0.238. The van der Waals surface area contributed by atoms with Crippen LogP contribution in [-0.2, 0) is 14.3 Å². The Labute approximate surface area is 177 Å². The van der Waals surface area contributed by atoms with Gasteiger partial charge in [0.15, 0.2) is 0 Å². The average Bonchev–Trinajstić information content (AvgIpc) is 2.99. The summed E-state index contributed by atoms with van der Waals surface area (Å²) >= 11 is 5.89. The summed E-state index contributed by atoms with van der Waals surface area (Å²) in [6.45, 7) is 0.547. The van der Waals surface area contributed by atoms with E-state index in [9.17, 15) is 24.8 Å². The van der Waals surface area contributed by atoms with Crippen LogP contribution in [0.5, 0.6) is 0 Å². The lowest BCUT2D eigenvalue weighted by Crippen LogP contribution is -2.31. The zero-order valence-corrected chi connectivity index (χ0v) is 16.8. The lowest BCUT2D eigenvalue weighted by atomic mass is 9.95. The highest BCUT2D eigenvalue weighted by atomic mass is 35.5. The van der Waals surface area contributed by atoms with Crippen LogP contribution in [0.3, 0.4) is 0 Å². The molecular formula is C21H19ClN2O6. The molecule has 30 heavy (non-hydrogen) atoms. The van der Waals surface area contributed by atoms with Crippen LogP contribution < -0.4 is 0 Å². The highest BCUT2D eigenvalue weighted by Gasteiger charge is 2.46. The number of ketones is 1. The Kier molecular flexibility index (Phi) is 6.49. The van der Waals surface area contributed by atoms with Gasteiger partial charge in [0.25, 0.3) is 17.4 Å². The number of carbonyl (C=O) groups excluding carboxylic acids is 2. The van der Waals surface area contributed by atoms with Crippen molar-refractivity contribution in [2.75, 3.05) is 20.3 Å². The number of hydrogen-bond acceptors (Lipinski definition) is 6. The fourth-order valence-electron chi connectivity index (χ4n) is 3.41. The van der Waals surface area contributed by atoms with Crippen LogP contribution in [0.2, 0.25) is 5.02 Å². The normalized spacial score (nSPS) is 18.1. The number of aliphatic hydroxyl groups excluding tert-OH is 1. The number of amides is 1. The largest absolute Gasteiger partial charge is 0.507 e. The number of nitro groups is 1. The molecule has 1 fully saturated rings. The van der Waals surface area contributed by atoms with Gasteiger partial charge in [0, 0.05) is 43.0 Å². The lowest BCUT2D eigenvalue weighted by Gasteiger charge is -2.25. The summed E-state index contributed by atoms with van der Waals surface area (Å²) < 4.78 is 5.02. The Bertz CT molecular complexity index is 1020. The maximum Gasteiger partial charge on any atom is 0.295 e. The van der Waals surface area contributed by atoms with Crippen molar-refractivity contribution in [3.05, 3.63) is 80.4 Å². The summed E-state index contributed by atoms with van der Waals surface area (Å²) in [5.41, 5.74) is 0.364. The molecule has 0 spiro atoms. The van der Waals surface area contributed by atoms with E-state index in [4.69, 9.17) is 16.3 Å². The van der Waals surface area contributed by atoms with Crippen molar-refractivity contribution in [3.63, 3.8) is 0 Å². The zero-order chi connectivity index (χ0) is 21.8. The predicted octanol–water partition coefficient (Wildman–Crippen LogP) is 3.71. The predicted molar refractivity (Wildman–Crippen MR) is 110 cm³/mol. The molecule has 1 aliphatic heterocycles. The molecule has 2 aromatic rings. The van der Waals surface area contributed by atoms with Crippen molar-refractivity contribution in [2.24, 2.45) is 0 Å². The van der Waals surface area contributed by atoms with E-state index < -0.39 is 22.7 Å². The number of halogens is 1. The molecule has 3 rings (SSSR count). The number of nitrogens with zero attached hydrogens (tertiary/aromatic N) is 2. The average molecular weight is 431 g/mol. The van der Waals surface area contributed by atoms with Crippen LogP contribution in [0.4, 0.5) is 5.69 Å². The molecule has 1 N–H and O–H groups in total. The van der Waals surface area contributed by atoms with E-state index >= 15 is 0 Å². The second-order valence-corrected chi connectivity index (χ2v) is 7.13. The Hall–Kier alpha value is -3.23. The second kappa shape index (κ2) is 9.06. The first kappa shape index (κ1) is 21.5. The van der Waals surface area contributed by atoms with Gasteiger partial charge in [0.2, 0.25) is 0 Å². The van der Waals surface area contributed by atoms with Gasteiger partial charge >= 0.3 is 0 Å². The van der Waals surface area contributed by atoms with Crippen LogP contribution >= 0.6 is 11.6 Å². The number of aliphatic hydroxyl groups is 1. The third-order valence-corrected chi connectivity index (χ3v) is 5.05. The van der Waals surface area contributed by atoms with Crippen LogP contribution in [0, 0.1) is 10.1 Å². The highest BCUT2D eigenvalue weighted by molar-refractivity contribution is 6.46. The van der Waals surface area contributed by atoms with E-state index in [2.05, 4.69) is 0 Å². The number of ether oxygens (including phenoxy) is 1. The number of likely N-dealkylation sites (tertiary alicyclic amines) is 1. The minimum absolute atomic E-state index is 0.125. The molecule has 156 valence electrons. The minimum atomic E-state index is -0.961. The molecule has 9 heteroatoms. The van der Waals surface area contributed by atoms with Crippen molar-refractivity contribution in [3.8, 4) is 0 Å². The third kappa shape index (κ3) is 4.19. The van der Waals surface area contributed by atoms with E-state index in [0.29, 0.717) is 29.2 Å². The number of hydrogen-bond donors (Lipinski definition) is 1. The molecule has 0 bridgehead atoms. The third-order valence-electron chi connectivity index (χ3n) is 4.80. The molecule has 0 aromatic heterocycles. The molecule has 1 atom stereocenters. The van der Waals surface area contributed by atoms with Gasteiger partial charge in [0.05, 0.1) is 16.5 Å². The smallest absolute Gasteiger partial charge is 0.295 e. The lowest BCUT2D eigenvalue weighted by molar-refractivity contribution is -0.384. The van der Waals surface area contributed by atoms with Crippen molar-refractivity contribution in [1.29, 1.82) is 0 Å². The Morgan fingerprint density at radius 3 is 2.57 bits per heavy atom. The monoisotopic (exact) mass is 430 g/mol. The van der Waals surface area contributed by atoms with Gasteiger partial charge in [-0.25, -0.2) is 0 Å². The molecule has 1 unspecified atom stereocenters. The molecule has 0 saturated carbocycles. The van der Waals surface area contributed by atoms with Crippen LogP contribution in [0.1, 0.15) is 23.6 Å². The van der Waals surface area contributed by atoms with Gasteiger partial charge in [-0.15, -0.1) is 0 Å². The second-order valence-electron chi connectivity index (χ2n) is 6.70. The Morgan fingerprint density at radius 1 is 1.23 bits per heavy atom. The van der Waals surface area contributed by atoms with Crippen molar-refractivity contribution in [1.82, 2.24) is 4.90 Å². The summed E-state index contributed by atoms with van der Waals surface area (Å²) in [5, 5.41) is 22.5. The van der Waals surface area contributed by atoms with Gasteiger partial charge in [-0.1, -0.05) is 23.7 Å². The number of carbonyl (C=O) groups is 2. The molecule has 1 heterocycles. The van der Waals surface area contributed by atoms with E-state index in [0.717, 1.165) is 0 Å². The van der Waals surface area contributed by atoms with Crippen molar-refractivity contribution >= 4 is 34.7 Å². The van der Waals surface area contributed by atoms with E-state index in [1.165, 1.54) is 42.3 Å². The van der Waals surface area contributed by atoms with Gasteiger partial charge in [-0.2, -0.15) is 0 Å². The fourth-order valence-corrected chi connectivity index (χ4v) is 3.53. The molecule has 1 aliphatic rings. The van der Waals surface area contributed by atoms with E-state index in [1.54, 1.807) is 18.2 Å². The van der Waals surface area contributed by atoms with Crippen molar-refractivity contribution < 1.29 is 24.4 Å². The maximum atomic E-state index is 12.8. The number of Topliss-reactive ketones (excluding diaryl/α,β-unsaturated/α-hetero) is 1. The van der Waals surface area contributed by atoms with Gasteiger partial charge in [-0.3, -0.25) is 19.7 Å². The van der Waals surface area contributed by atoms with E-state index in [-0.39, 0.29) is 23.6 Å². The number of benzene rings is 2. The first-order valence-corrected chi connectivity index (χ1v) is 9.50. The van der Waals surface area contributed by atoms with Gasteiger partial charge < -0.3 is 14.7 Å². The summed E-state index contributed by atoms with van der Waals surface area (Å²) in [5.74, 6) is -2.00. The van der Waals surface area contributed by atoms with Crippen LogP contribution in [0.15, 0.2) is 54.1 Å². The zero-order valence-electron chi connectivity index (χ0n) is 16.1. The molecule has 0 radical (unpaired) electrons. The molecule has 1 amide bonds. The standard InChI is InChI=1S/C21H19ClN2O6/c1-30-11-3-10-23-18(14-4-2-5-16(12-14)24(28)29)17(20(26)21(23)27)19(25)13-6-8-15(22)9-7-13/h2,4-9,12,18,25H,3,10-11H2,1H3/b19-17+. The number of rotatable bonds is 7. The van der Waals surface area contributed by atoms with Gasteiger partial charge in [0.1, 0.15) is 5.76 Å². The van der Waals surface area contributed by atoms with Crippen LogP contribution in [0.25, 0.3) is 5.76 Å². The Morgan fingerprint density at radius 2 is 1.93 bits per heavy atom. The molecular weight excluding hydrogens is 412 g/mol. The van der Waals surface area contributed by atoms with Crippen molar-refractivity contribution in [2.45, 2.75) is 12.5 Å². The number of methoxy groups -OCH3 is 1. The minimum Gasteiger partial charge on any atom is -0.507 e. The van der Waals surface area contributed by atoms with Crippen LogP contribution in [-0.4, -0.2) is 46.9 Å². The quantitative estimate of drug-likeness (QED) is 0.179. The SMILES string of the molecule is COCCCN1C(=O)C(=O)/C(=C(/O)c2ccc(Cl)cc2)C1c1cccc([N+](=O)[O-])c1. The first-order valence-electron chi connectivity index (χ1n) is 9.12. The molecule has 2 aromatic carbocycles. The van der Waals surface area contributed by atoms with Gasteiger partial charge in [-0.05, 0) is 36.2 Å².